The van der Waals surface area contributed by atoms with Gasteiger partial charge in [-0.2, -0.15) is 0 Å². The first-order chi connectivity index (χ1) is 12.0. The number of aryl methyl sites for hydroxylation is 2. The van der Waals surface area contributed by atoms with E-state index in [0.29, 0.717) is 23.0 Å². The van der Waals surface area contributed by atoms with Gasteiger partial charge in [0.15, 0.2) is 11.0 Å². The standard InChI is InChI=1S/C19H26Cl2N2O2/c1-3-4-5-6-7-10-22-14(2)23(11-8-9-19(24)25)18-13-16(21)15(20)12-17(18)22/h12-13H,3-11H2,1-2H3/p+1. The number of aliphatic carboxylic acids is 1. The fourth-order valence-corrected chi connectivity index (χ4v) is 3.59. The fourth-order valence-electron chi connectivity index (χ4n) is 3.28. The lowest BCUT2D eigenvalue weighted by molar-refractivity contribution is -0.678. The number of fused-ring (bicyclic) bond motifs is 1. The van der Waals surface area contributed by atoms with Crippen LogP contribution in [-0.4, -0.2) is 15.6 Å². The molecule has 2 rings (SSSR count). The number of benzene rings is 1. The number of aromatic nitrogens is 2. The highest BCUT2D eigenvalue weighted by atomic mass is 35.5. The van der Waals surface area contributed by atoms with Crippen molar-refractivity contribution in [3.8, 4) is 0 Å². The van der Waals surface area contributed by atoms with E-state index in [1.807, 2.05) is 12.1 Å². The van der Waals surface area contributed by atoms with Crippen LogP contribution in [0.2, 0.25) is 10.0 Å². The van der Waals surface area contributed by atoms with Crippen LogP contribution in [0.25, 0.3) is 11.0 Å². The molecule has 4 nitrogen and oxygen atoms in total. The number of carboxylic acids is 1. The Hall–Kier alpha value is -1.26. The molecule has 2 aromatic rings. The second-order valence-electron chi connectivity index (χ2n) is 6.52. The van der Waals surface area contributed by atoms with Crippen LogP contribution in [0, 0.1) is 6.92 Å². The van der Waals surface area contributed by atoms with E-state index in [-0.39, 0.29) is 6.42 Å². The lowest BCUT2D eigenvalue weighted by atomic mass is 10.1. The molecule has 0 aliphatic carbocycles. The zero-order chi connectivity index (χ0) is 18.4. The summed E-state index contributed by atoms with van der Waals surface area (Å²) in [5.41, 5.74) is 2.09. The number of halogens is 2. The van der Waals surface area contributed by atoms with Crippen molar-refractivity contribution >= 4 is 40.2 Å². The minimum absolute atomic E-state index is 0.164. The Bertz CT molecular complexity index is 741. The summed E-state index contributed by atoms with van der Waals surface area (Å²) in [6.07, 6.45) is 6.88. The summed E-state index contributed by atoms with van der Waals surface area (Å²) in [7, 11) is 0. The molecule has 0 aliphatic heterocycles. The maximum Gasteiger partial charge on any atom is 0.303 e. The van der Waals surface area contributed by atoms with Crippen LogP contribution in [0.5, 0.6) is 0 Å². The Morgan fingerprint density at radius 2 is 1.80 bits per heavy atom. The average molecular weight is 386 g/mol. The molecule has 0 radical (unpaired) electrons. The van der Waals surface area contributed by atoms with Gasteiger partial charge in [0, 0.05) is 25.5 Å². The van der Waals surface area contributed by atoms with E-state index in [2.05, 4.69) is 23.0 Å². The number of imidazole rings is 1. The van der Waals surface area contributed by atoms with Gasteiger partial charge < -0.3 is 5.11 Å². The molecule has 1 aromatic heterocycles. The van der Waals surface area contributed by atoms with Gasteiger partial charge in [-0.15, -0.1) is 0 Å². The summed E-state index contributed by atoms with van der Waals surface area (Å²) in [6.45, 7) is 5.90. The van der Waals surface area contributed by atoms with E-state index in [1.165, 1.54) is 25.7 Å². The Morgan fingerprint density at radius 1 is 1.12 bits per heavy atom. The van der Waals surface area contributed by atoms with E-state index in [0.717, 1.165) is 29.8 Å². The van der Waals surface area contributed by atoms with Gasteiger partial charge in [0.25, 0.3) is 5.82 Å². The van der Waals surface area contributed by atoms with Crippen LogP contribution in [0.15, 0.2) is 12.1 Å². The van der Waals surface area contributed by atoms with Gasteiger partial charge in [-0.3, -0.25) is 4.79 Å². The van der Waals surface area contributed by atoms with Crippen molar-refractivity contribution in [3.63, 3.8) is 0 Å². The molecular formula is C19H27Cl2N2O2+. The first kappa shape index (κ1) is 20.1. The number of hydrogen-bond donors (Lipinski definition) is 1. The van der Waals surface area contributed by atoms with Gasteiger partial charge in [-0.05, 0) is 19.3 Å². The molecule has 0 unspecified atom stereocenters. The highest BCUT2D eigenvalue weighted by Gasteiger charge is 2.22. The SMILES string of the molecule is CCCCCCCn1c(C)[n+](CCCC(=O)O)c2cc(Cl)c(Cl)cc21. The van der Waals surface area contributed by atoms with Gasteiger partial charge in [0.05, 0.1) is 23.1 Å². The van der Waals surface area contributed by atoms with Crippen molar-refractivity contribution in [1.29, 1.82) is 0 Å². The predicted octanol–water partition coefficient (Wildman–Crippen LogP) is 5.38. The molecule has 0 saturated carbocycles. The molecule has 1 N–H and O–H groups in total. The van der Waals surface area contributed by atoms with Crippen molar-refractivity contribution in [2.24, 2.45) is 0 Å². The van der Waals surface area contributed by atoms with E-state index in [4.69, 9.17) is 28.3 Å². The largest absolute Gasteiger partial charge is 0.481 e. The Balaban J connectivity index is 2.27. The maximum atomic E-state index is 10.8. The minimum Gasteiger partial charge on any atom is -0.481 e. The number of nitrogens with zero attached hydrogens (tertiary/aromatic N) is 2. The predicted molar refractivity (Wildman–Crippen MR) is 103 cm³/mol. The van der Waals surface area contributed by atoms with E-state index in [1.54, 1.807) is 0 Å². The first-order valence-electron chi connectivity index (χ1n) is 9.05. The molecule has 0 bridgehead atoms. The molecule has 0 spiro atoms. The van der Waals surface area contributed by atoms with Crippen LogP contribution < -0.4 is 4.57 Å². The van der Waals surface area contributed by atoms with Crippen LogP contribution in [0.4, 0.5) is 0 Å². The quantitative estimate of drug-likeness (QED) is 0.440. The maximum absolute atomic E-state index is 10.8. The molecule has 6 heteroatoms. The van der Waals surface area contributed by atoms with E-state index >= 15 is 0 Å². The molecule has 138 valence electrons. The monoisotopic (exact) mass is 385 g/mol. The van der Waals surface area contributed by atoms with Gasteiger partial charge >= 0.3 is 5.97 Å². The van der Waals surface area contributed by atoms with Crippen LogP contribution in [0.1, 0.15) is 57.7 Å². The lowest BCUT2D eigenvalue weighted by Crippen LogP contribution is -2.36. The molecular weight excluding hydrogens is 359 g/mol. The fraction of sp³-hybridized carbons (Fsp3) is 0.579. The first-order valence-corrected chi connectivity index (χ1v) is 9.80. The summed E-state index contributed by atoms with van der Waals surface area (Å²) >= 11 is 12.5. The van der Waals surface area contributed by atoms with Crippen molar-refractivity contribution in [2.75, 3.05) is 0 Å². The molecule has 1 heterocycles. The van der Waals surface area contributed by atoms with E-state index in [9.17, 15) is 4.79 Å². The summed E-state index contributed by atoms with van der Waals surface area (Å²) < 4.78 is 4.44. The number of rotatable bonds is 10. The summed E-state index contributed by atoms with van der Waals surface area (Å²) in [6, 6.07) is 3.81. The molecule has 0 atom stereocenters. The Morgan fingerprint density at radius 3 is 2.48 bits per heavy atom. The molecule has 1 aromatic carbocycles. The minimum atomic E-state index is -0.765. The molecule has 0 saturated heterocycles. The van der Waals surface area contributed by atoms with Gasteiger partial charge in [-0.1, -0.05) is 49.4 Å². The van der Waals surface area contributed by atoms with Gasteiger partial charge in [-0.25, -0.2) is 9.13 Å². The molecule has 0 fully saturated rings. The second kappa shape index (κ2) is 9.44. The van der Waals surface area contributed by atoms with Crippen molar-refractivity contribution < 1.29 is 14.5 Å². The van der Waals surface area contributed by atoms with Crippen LogP contribution in [-0.2, 0) is 17.9 Å². The molecule has 25 heavy (non-hydrogen) atoms. The number of carboxylic acid groups (broad SMARTS) is 1. The highest BCUT2D eigenvalue weighted by molar-refractivity contribution is 6.42. The average Bonchev–Trinajstić information content (AvgIpc) is 2.80. The summed E-state index contributed by atoms with van der Waals surface area (Å²) in [5, 5.41) is 9.98. The van der Waals surface area contributed by atoms with Crippen molar-refractivity contribution in [1.82, 2.24) is 4.57 Å². The zero-order valence-corrected chi connectivity index (χ0v) is 16.5. The molecule has 0 amide bonds. The Labute approximate surface area is 159 Å². The zero-order valence-electron chi connectivity index (χ0n) is 15.0. The van der Waals surface area contributed by atoms with Crippen molar-refractivity contribution in [2.45, 2.75) is 71.9 Å². The third-order valence-corrected chi connectivity index (χ3v) is 5.36. The van der Waals surface area contributed by atoms with Crippen LogP contribution in [0.3, 0.4) is 0 Å². The molecule has 0 aliphatic rings. The highest BCUT2D eigenvalue weighted by Crippen LogP contribution is 2.28. The third-order valence-electron chi connectivity index (χ3n) is 4.64. The third kappa shape index (κ3) is 5.11. The number of unbranched alkanes of at least 4 members (excludes halogenated alkanes) is 4. The normalized spacial score (nSPS) is 11.4. The lowest BCUT2D eigenvalue weighted by Gasteiger charge is -2.02. The van der Waals surface area contributed by atoms with Crippen molar-refractivity contribution in [3.05, 3.63) is 28.0 Å². The van der Waals surface area contributed by atoms with Crippen LogP contribution >= 0.6 is 23.2 Å². The number of hydrogen-bond acceptors (Lipinski definition) is 1. The summed E-state index contributed by atoms with van der Waals surface area (Å²) in [5.74, 6) is 0.355. The van der Waals surface area contributed by atoms with Gasteiger partial charge in [0.2, 0.25) is 0 Å². The smallest absolute Gasteiger partial charge is 0.303 e. The van der Waals surface area contributed by atoms with E-state index < -0.39 is 5.97 Å². The van der Waals surface area contributed by atoms with Gasteiger partial charge in [0.1, 0.15) is 0 Å². The topological polar surface area (TPSA) is 46.1 Å². The number of carbonyl (C=O) groups is 1. The second-order valence-corrected chi connectivity index (χ2v) is 7.33. The summed E-state index contributed by atoms with van der Waals surface area (Å²) in [4.78, 5) is 10.8. The Kier molecular flexibility index (Phi) is 7.57.